The van der Waals surface area contributed by atoms with E-state index in [0.29, 0.717) is 0 Å². The zero-order valence-corrected chi connectivity index (χ0v) is 20.5. The van der Waals surface area contributed by atoms with Gasteiger partial charge in [-0.25, -0.2) is 4.98 Å². The number of aryl methyl sites for hydroxylation is 1. The zero-order valence-electron chi connectivity index (χ0n) is 20.5. The Labute approximate surface area is 212 Å². The predicted octanol–water partition coefficient (Wildman–Crippen LogP) is 9.13. The van der Waals surface area contributed by atoms with Gasteiger partial charge in [0.25, 0.3) is 0 Å². The van der Waals surface area contributed by atoms with Crippen LogP contribution in [0.2, 0.25) is 0 Å². The Kier molecular flexibility index (Phi) is 6.01. The van der Waals surface area contributed by atoms with Gasteiger partial charge in [-0.2, -0.15) is 0 Å². The van der Waals surface area contributed by atoms with Crippen molar-refractivity contribution in [3.63, 3.8) is 0 Å². The third-order valence-corrected chi connectivity index (χ3v) is 6.93. The molecule has 6 aromatic rings. The van der Waals surface area contributed by atoms with E-state index in [1.807, 2.05) is 6.20 Å². The van der Waals surface area contributed by atoms with Crippen molar-refractivity contribution in [2.24, 2.45) is 0 Å². The fraction of sp³-hybridized carbons (Fsp3) is 0.118. The van der Waals surface area contributed by atoms with Gasteiger partial charge in [0, 0.05) is 22.5 Å². The number of benzene rings is 4. The van der Waals surface area contributed by atoms with Crippen LogP contribution in [0, 0.1) is 0 Å². The molecule has 2 heteroatoms. The van der Waals surface area contributed by atoms with E-state index in [0.717, 1.165) is 39.5 Å². The van der Waals surface area contributed by atoms with Crippen molar-refractivity contribution in [2.45, 2.75) is 26.2 Å². The summed E-state index contributed by atoms with van der Waals surface area (Å²) in [6, 6.07) is 38.7. The van der Waals surface area contributed by atoms with E-state index >= 15 is 0 Å². The Hall–Kier alpha value is -4.30. The fourth-order valence-electron chi connectivity index (χ4n) is 5.00. The van der Waals surface area contributed by atoms with Crippen LogP contribution in [0.15, 0.2) is 115 Å². The van der Waals surface area contributed by atoms with Crippen molar-refractivity contribution in [3.8, 4) is 33.5 Å². The van der Waals surface area contributed by atoms with Crippen molar-refractivity contribution in [2.75, 3.05) is 0 Å². The van der Waals surface area contributed by atoms with Crippen LogP contribution in [0.1, 0.15) is 25.3 Å². The molecule has 0 bridgehead atoms. The first-order valence-corrected chi connectivity index (χ1v) is 12.7. The first kappa shape index (κ1) is 22.2. The molecule has 0 atom stereocenters. The highest BCUT2D eigenvalue weighted by Gasteiger charge is 2.15. The van der Waals surface area contributed by atoms with Crippen molar-refractivity contribution in [1.29, 1.82) is 0 Å². The zero-order chi connectivity index (χ0) is 24.3. The lowest BCUT2D eigenvalue weighted by molar-refractivity contribution is 0.795. The molecule has 2 heterocycles. The molecule has 0 aliphatic heterocycles. The maximum Gasteiger partial charge on any atom is 0.0978 e. The van der Waals surface area contributed by atoms with E-state index in [-0.39, 0.29) is 0 Å². The molecule has 0 aliphatic rings. The van der Waals surface area contributed by atoms with Crippen molar-refractivity contribution >= 4 is 21.8 Å². The number of aromatic nitrogens is 2. The van der Waals surface area contributed by atoms with Crippen molar-refractivity contribution in [1.82, 2.24) is 9.97 Å². The smallest absolute Gasteiger partial charge is 0.0978 e. The molecule has 174 valence electrons. The molecule has 0 fully saturated rings. The van der Waals surface area contributed by atoms with Gasteiger partial charge in [0.2, 0.25) is 0 Å². The molecular formula is C34H28N2. The van der Waals surface area contributed by atoms with Crippen LogP contribution >= 0.6 is 0 Å². The summed E-state index contributed by atoms with van der Waals surface area (Å²) in [5, 5.41) is 2.24. The Bertz CT molecular complexity index is 1640. The molecule has 4 aromatic carbocycles. The van der Waals surface area contributed by atoms with Gasteiger partial charge in [-0.3, -0.25) is 4.98 Å². The lowest BCUT2D eigenvalue weighted by Gasteiger charge is -2.14. The van der Waals surface area contributed by atoms with Gasteiger partial charge < -0.3 is 0 Å². The van der Waals surface area contributed by atoms with E-state index in [9.17, 15) is 0 Å². The third kappa shape index (κ3) is 4.16. The standard InChI is InChI=1S/C34H28N2/c1-2-3-10-24-15-17-27(18-16-24)32-23-31(26-13-8-5-9-14-26)30-20-19-29-28(25-11-6-4-7-12-25)21-22-35-33(29)34(30)36-32/h4-9,11-23H,2-3,10H2,1H3. The Morgan fingerprint density at radius 2 is 1.22 bits per heavy atom. The van der Waals surface area contributed by atoms with E-state index in [2.05, 4.69) is 116 Å². The Balaban J connectivity index is 1.60. The van der Waals surface area contributed by atoms with E-state index in [4.69, 9.17) is 9.97 Å². The van der Waals surface area contributed by atoms with Crippen LogP contribution in [-0.2, 0) is 6.42 Å². The number of rotatable bonds is 6. The van der Waals surface area contributed by atoms with E-state index in [1.54, 1.807) is 0 Å². The van der Waals surface area contributed by atoms with Gasteiger partial charge in [0.05, 0.1) is 16.7 Å². The largest absolute Gasteiger partial charge is 0.254 e. The molecule has 0 aliphatic carbocycles. The number of unbranched alkanes of at least 4 members (excludes halogenated alkanes) is 1. The minimum atomic E-state index is 0.937. The average molecular weight is 465 g/mol. The van der Waals surface area contributed by atoms with Crippen LogP contribution in [0.4, 0.5) is 0 Å². The number of fused-ring (bicyclic) bond motifs is 3. The SMILES string of the molecule is CCCCc1ccc(-c2cc(-c3ccccc3)c3ccc4c(-c5ccccc5)ccnc4c3n2)cc1. The summed E-state index contributed by atoms with van der Waals surface area (Å²) in [7, 11) is 0. The molecule has 0 N–H and O–H groups in total. The van der Waals surface area contributed by atoms with Crippen molar-refractivity contribution in [3.05, 3.63) is 121 Å². The highest BCUT2D eigenvalue weighted by molar-refractivity contribution is 6.12. The second-order valence-electron chi connectivity index (χ2n) is 9.30. The van der Waals surface area contributed by atoms with Gasteiger partial charge in [-0.05, 0) is 52.8 Å². The Morgan fingerprint density at radius 3 is 1.89 bits per heavy atom. The molecule has 0 unspecified atom stereocenters. The molecule has 0 radical (unpaired) electrons. The number of pyridine rings is 2. The van der Waals surface area contributed by atoms with Crippen molar-refractivity contribution < 1.29 is 0 Å². The highest BCUT2D eigenvalue weighted by atomic mass is 14.8. The van der Waals surface area contributed by atoms with Gasteiger partial charge in [0.15, 0.2) is 0 Å². The number of hydrogen-bond donors (Lipinski definition) is 0. The maximum absolute atomic E-state index is 5.22. The van der Waals surface area contributed by atoms with Gasteiger partial charge in [-0.15, -0.1) is 0 Å². The summed E-state index contributed by atoms with van der Waals surface area (Å²) in [5.41, 5.74) is 10.1. The van der Waals surface area contributed by atoms with Crippen LogP contribution in [0.25, 0.3) is 55.3 Å². The minimum absolute atomic E-state index is 0.937. The summed E-state index contributed by atoms with van der Waals surface area (Å²) in [5.74, 6) is 0. The van der Waals surface area contributed by atoms with Crippen LogP contribution in [0.3, 0.4) is 0 Å². The quantitative estimate of drug-likeness (QED) is 0.230. The first-order valence-electron chi connectivity index (χ1n) is 12.7. The summed E-state index contributed by atoms with van der Waals surface area (Å²) in [4.78, 5) is 10.1. The molecular weight excluding hydrogens is 436 g/mol. The van der Waals surface area contributed by atoms with Gasteiger partial charge >= 0.3 is 0 Å². The normalized spacial score (nSPS) is 11.2. The molecule has 36 heavy (non-hydrogen) atoms. The summed E-state index contributed by atoms with van der Waals surface area (Å²) < 4.78 is 0. The Morgan fingerprint density at radius 1 is 0.583 bits per heavy atom. The van der Waals surface area contributed by atoms with Crippen LogP contribution < -0.4 is 0 Å². The lowest BCUT2D eigenvalue weighted by atomic mass is 9.95. The third-order valence-electron chi connectivity index (χ3n) is 6.93. The summed E-state index contributed by atoms with van der Waals surface area (Å²) >= 11 is 0. The molecule has 6 rings (SSSR count). The monoisotopic (exact) mass is 464 g/mol. The number of hydrogen-bond acceptors (Lipinski definition) is 2. The predicted molar refractivity (Wildman–Crippen MR) is 152 cm³/mol. The first-order chi connectivity index (χ1) is 17.8. The van der Waals surface area contributed by atoms with Crippen LogP contribution in [-0.4, -0.2) is 9.97 Å². The number of nitrogens with zero attached hydrogens (tertiary/aromatic N) is 2. The lowest BCUT2D eigenvalue weighted by Crippen LogP contribution is -1.94. The second-order valence-corrected chi connectivity index (χ2v) is 9.30. The second kappa shape index (κ2) is 9.75. The van der Waals surface area contributed by atoms with E-state index < -0.39 is 0 Å². The summed E-state index contributed by atoms with van der Waals surface area (Å²) in [6.07, 6.45) is 5.45. The van der Waals surface area contributed by atoms with Crippen LogP contribution in [0.5, 0.6) is 0 Å². The molecule has 2 nitrogen and oxygen atoms in total. The van der Waals surface area contributed by atoms with Gasteiger partial charge in [0.1, 0.15) is 0 Å². The highest BCUT2D eigenvalue weighted by Crippen LogP contribution is 2.37. The average Bonchev–Trinajstić information content (AvgIpc) is 2.96. The molecule has 0 spiro atoms. The molecule has 0 amide bonds. The fourth-order valence-corrected chi connectivity index (χ4v) is 5.00. The minimum Gasteiger partial charge on any atom is -0.254 e. The van der Waals surface area contributed by atoms with E-state index in [1.165, 1.54) is 40.7 Å². The topological polar surface area (TPSA) is 25.8 Å². The molecule has 2 aromatic heterocycles. The summed E-state index contributed by atoms with van der Waals surface area (Å²) in [6.45, 7) is 2.24. The molecule has 0 saturated heterocycles. The molecule has 0 saturated carbocycles. The van der Waals surface area contributed by atoms with Gasteiger partial charge in [-0.1, -0.05) is 110 Å². The maximum atomic E-state index is 5.22.